The van der Waals surface area contributed by atoms with Gasteiger partial charge < -0.3 is 4.98 Å². The molecule has 0 aliphatic carbocycles. The quantitative estimate of drug-likeness (QED) is 0.127. The number of hydrogen-bond acceptors (Lipinski definition) is 4. The van der Waals surface area contributed by atoms with Crippen molar-refractivity contribution in [3.05, 3.63) is 151 Å². The Balaban J connectivity index is 0.000000209. The largest absolute Gasteiger partial charge is 0 e. The Morgan fingerprint density at radius 2 is 1.42 bits per heavy atom. The summed E-state index contributed by atoms with van der Waals surface area (Å²) in [6, 6.07) is 50.0. The number of hydrogen-bond donors (Lipinski definition) is 0. The molecule has 9 aromatic rings. The molecule has 4 heterocycles. The first kappa shape index (κ1) is 36.4. The smallest absolute Gasteiger partial charge is 0 e. The number of rotatable bonds is 5. The summed E-state index contributed by atoms with van der Waals surface area (Å²) in [4.78, 5) is 9.35. The first-order valence-corrected chi connectivity index (χ1v) is 26.4. The van der Waals surface area contributed by atoms with E-state index in [9.17, 15) is 0 Å². The molecule has 259 valence electrons. The fraction of sp³-hybridized carbons (Fsp3) is 0.130. The number of fused-ring (bicyclic) bond motifs is 7. The van der Waals surface area contributed by atoms with Crippen LogP contribution in [0.1, 0.15) is 25.3 Å². The van der Waals surface area contributed by atoms with Crippen molar-refractivity contribution < 1.29 is 20.1 Å². The van der Waals surface area contributed by atoms with Crippen LogP contribution in [0, 0.1) is 12.1 Å². The maximum atomic E-state index is 4.82. The van der Waals surface area contributed by atoms with Gasteiger partial charge in [0.2, 0.25) is 0 Å². The number of pyridine rings is 2. The molecule has 0 N–H and O–H groups in total. The molecule has 6 heteroatoms. The maximum Gasteiger partial charge on any atom is 0 e. The van der Waals surface area contributed by atoms with Crippen LogP contribution in [-0.2, 0) is 20.1 Å². The summed E-state index contributed by atoms with van der Waals surface area (Å²) in [5.41, 5.74) is 8.00. The summed E-state index contributed by atoms with van der Waals surface area (Å²) in [6.07, 6.45) is 3.98. The van der Waals surface area contributed by atoms with Crippen LogP contribution < -0.4 is 4.40 Å². The number of thiophene rings is 2. The summed E-state index contributed by atoms with van der Waals surface area (Å²) in [6.45, 7) is 4.47. The van der Waals surface area contributed by atoms with Gasteiger partial charge in [-0.3, -0.25) is 0 Å². The van der Waals surface area contributed by atoms with Crippen molar-refractivity contribution in [3.8, 4) is 33.6 Å². The summed E-state index contributed by atoms with van der Waals surface area (Å²) >= 11 is 1.98. The Kier molecular flexibility index (Phi) is 10.6. The van der Waals surface area contributed by atoms with Gasteiger partial charge in [-0.15, -0.1) is 11.6 Å². The molecule has 0 aliphatic rings. The Morgan fingerprint density at radius 3 is 2.15 bits per heavy atom. The summed E-state index contributed by atoms with van der Waals surface area (Å²) in [5, 5.41) is 5.29. The van der Waals surface area contributed by atoms with E-state index in [0.717, 1.165) is 22.5 Å². The fourth-order valence-electron chi connectivity index (χ4n) is 6.56. The molecule has 0 amide bonds. The van der Waals surface area contributed by atoms with E-state index < -0.39 is 13.3 Å². The third-order valence-electron chi connectivity index (χ3n) is 9.43. The molecular formula is C46H38GeIrN2S2-2. The van der Waals surface area contributed by atoms with E-state index in [-0.39, 0.29) is 20.1 Å². The van der Waals surface area contributed by atoms with Crippen LogP contribution in [0.4, 0.5) is 0 Å². The minimum Gasteiger partial charge on any atom is 0 e. The van der Waals surface area contributed by atoms with Crippen LogP contribution >= 0.6 is 22.7 Å². The van der Waals surface area contributed by atoms with E-state index >= 15 is 0 Å². The first-order chi connectivity index (χ1) is 24.7. The summed E-state index contributed by atoms with van der Waals surface area (Å²) in [7, 11) is 0. The molecule has 0 aliphatic heterocycles. The average Bonchev–Trinajstić information content (AvgIpc) is 3.73. The molecule has 2 nitrogen and oxygen atoms in total. The third kappa shape index (κ3) is 7.18. The van der Waals surface area contributed by atoms with E-state index in [4.69, 9.17) is 4.98 Å². The predicted molar refractivity (Wildman–Crippen MR) is 225 cm³/mol. The van der Waals surface area contributed by atoms with Gasteiger partial charge in [0.05, 0.1) is 0 Å². The second-order valence-electron chi connectivity index (χ2n) is 14.3. The minimum absolute atomic E-state index is 0. The molecule has 0 unspecified atom stereocenters. The Hall–Kier alpha value is -3.97. The van der Waals surface area contributed by atoms with Crippen molar-refractivity contribution in [2.24, 2.45) is 0 Å². The Morgan fingerprint density at radius 1 is 0.654 bits per heavy atom. The van der Waals surface area contributed by atoms with Gasteiger partial charge >= 0.3 is 99.8 Å². The molecule has 4 aromatic heterocycles. The standard InChI is InChI=1S/C32H22NS2.C14H16GeN.Ir/c1-19(2)21-14-15-33-26(16-21)25-18-29-30(23-10-6-7-11-27(23)34-29)31-24-13-12-22(17-28(24)35-32(25)31)20-8-4-3-5-9-20;1-15(2,3)13-9-10-14(16-11-13)12-7-5-4-6-8-12;/h3-17,19H,1-2H3;4-7,9-11H,1-3H3;/q2*-1;. The summed E-state index contributed by atoms with van der Waals surface area (Å²) in [5.74, 6) is 7.60. The van der Waals surface area contributed by atoms with Crippen molar-refractivity contribution in [1.82, 2.24) is 9.97 Å². The van der Waals surface area contributed by atoms with Gasteiger partial charge in [0.1, 0.15) is 0 Å². The second kappa shape index (κ2) is 15.2. The molecule has 0 bridgehead atoms. The molecule has 0 saturated heterocycles. The molecular weight excluding hydrogens is 909 g/mol. The van der Waals surface area contributed by atoms with Crippen LogP contribution in [0.3, 0.4) is 0 Å². The number of aromatic nitrogens is 2. The van der Waals surface area contributed by atoms with Crippen LogP contribution in [0.25, 0.3) is 74.0 Å². The van der Waals surface area contributed by atoms with E-state index in [1.165, 1.54) is 61.4 Å². The normalized spacial score (nSPS) is 11.6. The Labute approximate surface area is 330 Å². The zero-order valence-electron chi connectivity index (χ0n) is 29.8. The van der Waals surface area contributed by atoms with E-state index in [2.05, 4.69) is 145 Å². The summed E-state index contributed by atoms with van der Waals surface area (Å²) < 4.78 is 6.53. The van der Waals surface area contributed by atoms with Crippen LogP contribution in [0.15, 0.2) is 134 Å². The molecule has 9 rings (SSSR count). The van der Waals surface area contributed by atoms with Crippen molar-refractivity contribution in [2.45, 2.75) is 37.0 Å². The molecule has 0 fully saturated rings. The van der Waals surface area contributed by atoms with Gasteiger partial charge in [-0.05, 0) is 61.1 Å². The number of nitrogens with zero attached hydrogens (tertiary/aromatic N) is 2. The van der Waals surface area contributed by atoms with E-state index in [1.54, 1.807) is 0 Å². The van der Waals surface area contributed by atoms with Gasteiger partial charge in [-0.1, -0.05) is 96.9 Å². The SMILES string of the molecule is CC(C)c1ccnc(-c2[c-]c3sc4ccccc4c3c3c2sc2cc(-c4ccccc4)ccc23)c1.[CH3][Ge]([CH3])([CH3])[c]1ccc(-c2[c-]cccc2)nc1.[Ir]. The zero-order valence-corrected chi connectivity index (χ0v) is 35.9. The zero-order chi connectivity index (χ0) is 35.1. The van der Waals surface area contributed by atoms with Crippen LogP contribution in [0.5, 0.6) is 0 Å². The fourth-order valence-corrected chi connectivity index (χ4v) is 11.1. The molecule has 0 saturated carbocycles. The van der Waals surface area contributed by atoms with Gasteiger partial charge in [-0.25, -0.2) is 0 Å². The van der Waals surface area contributed by atoms with Gasteiger partial charge in [-0.2, -0.15) is 22.7 Å². The molecule has 5 aromatic carbocycles. The minimum atomic E-state index is -1.72. The number of benzene rings is 5. The van der Waals surface area contributed by atoms with Crippen molar-refractivity contribution >= 4 is 80.7 Å². The predicted octanol–water partition coefficient (Wildman–Crippen LogP) is 13.2. The second-order valence-corrected chi connectivity index (χ2v) is 27.0. The monoisotopic (exact) mass is 949 g/mol. The van der Waals surface area contributed by atoms with E-state index in [1.807, 2.05) is 59.3 Å². The van der Waals surface area contributed by atoms with Crippen molar-refractivity contribution in [3.63, 3.8) is 0 Å². The van der Waals surface area contributed by atoms with Crippen LogP contribution in [-0.4, -0.2) is 23.2 Å². The van der Waals surface area contributed by atoms with Gasteiger partial charge in [0, 0.05) is 35.7 Å². The third-order valence-corrected chi connectivity index (χ3v) is 15.9. The van der Waals surface area contributed by atoms with Crippen molar-refractivity contribution in [2.75, 3.05) is 0 Å². The molecule has 0 atom stereocenters. The van der Waals surface area contributed by atoms with Gasteiger partial charge in [0.25, 0.3) is 0 Å². The molecule has 52 heavy (non-hydrogen) atoms. The maximum absolute atomic E-state index is 4.82. The Bertz CT molecular complexity index is 2640. The van der Waals surface area contributed by atoms with E-state index in [0.29, 0.717) is 5.92 Å². The molecule has 1 radical (unpaired) electrons. The van der Waals surface area contributed by atoms with Crippen LogP contribution in [0.2, 0.25) is 17.3 Å². The average molecular weight is 948 g/mol. The van der Waals surface area contributed by atoms with Crippen molar-refractivity contribution in [1.29, 1.82) is 0 Å². The first-order valence-electron chi connectivity index (χ1n) is 17.4. The molecule has 0 spiro atoms. The van der Waals surface area contributed by atoms with Gasteiger partial charge in [0.15, 0.2) is 0 Å². The topological polar surface area (TPSA) is 25.8 Å².